The molecule has 6 heteroatoms. The molecule has 0 saturated carbocycles. The van der Waals surface area contributed by atoms with Crippen LogP contribution in [0, 0.1) is 11.8 Å². The Morgan fingerprint density at radius 1 is 1.43 bits per heavy atom. The lowest BCUT2D eigenvalue weighted by molar-refractivity contribution is -0.142. The molecule has 2 atom stereocenters. The van der Waals surface area contributed by atoms with Gasteiger partial charge < -0.3 is 14.9 Å². The number of hydrogen-bond donors (Lipinski definition) is 1. The molecule has 1 aliphatic rings. The molecular formula is C15H19BrN2O3. The van der Waals surface area contributed by atoms with Crippen molar-refractivity contribution in [3.05, 3.63) is 34.3 Å². The number of hydrogen-bond acceptors (Lipinski definition) is 2. The number of benzene rings is 1. The second-order valence-electron chi connectivity index (χ2n) is 5.60. The lowest BCUT2D eigenvalue weighted by Crippen LogP contribution is -2.40. The summed E-state index contributed by atoms with van der Waals surface area (Å²) in [6.45, 7) is 3.16. The van der Waals surface area contributed by atoms with E-state index < -0.39 is 11.9 Å². The highest BCUT2D eigenvalue weighted by atomic mass is 79.9. The van der Waals surface area contributed by atoms with Crippen molar-refractivity contribution in [1.29, 1.82) is 0 Å². The normalized spacial score (nSPS) is 21.4. The Morgan fingerprint density at radius 2 is 2.14 bits per heavy atom. The molecule has 0 aliphatic carbocycles. The maximum Gasteiger partial charge on any atom is 0.320 e. The van der Waals surface area contributed by atoms with Gasteiger partial charge >= 0.3 is 12.0 Å². The number of carbonyl (C=O) groups excluding carboxylic acids is 1. The molecule has 2 amide bonds. The zero-order chi connectivity index (χ0) is 15.6. The van der Waals surface area contributed by atoms with Crippen LogP contribution in [0.15, 0.2) is 28.7 Å². The van der Waals surface area contributed by atoms with Crippen molar-refractivity contribution in [2.75, 3.05) is 20.1 Å². The molecule has 1 aliphatic heterocycles. The van der Waals surface area contributed by atoms with Gasteiger partial charge in [-0.25, -0.2) is 4.79 Å². The summed E-state index contributed by atoms with van der Waals surface area (Å²) in [6.07, 6.45) is 0. The Balaban J connectivity index is 1.99. The van der Waals surface area contributed by atoms with Gasteiger partial charge in [0.25, 0.3) is 0 Å². The van der Waals surface area contributed by atoms with Gasteiger partial charge in [0.2, 0.25) is 0 Å². The van der Waals surface area contributed by atoms with Gasteiger partial charge in [-0.05, 0) is 23.6 Å². The first-order chi connectivity index (χ1) is 9.88. The zero-order valence-corrected chi connectivity index (χ0v) is 13.7. The van der Waals surface area contributed by atoms with E-state index in [4.69, 9.17) is 5.11 Å². The average Bonchev–Trinajstić information content (AvgIpc) is 2.80. The molecule has 1 aromatic rings. The summed E-state index contributed by atoms with van der Waals surface area (Å²) >= 11 is 3.41. The Hall–Kier alpha value is -1.56. The fourth-order valence-corrected chi connectivity index (χ4v) is 3.11. The van der Waals surface area contributed by atoms with Crippen LogP contribution >= 0.6 is 15.9 Å². The van der Waals surface area contributed by atoms with E-state index in [1.807, 2.05) is 31.2 Å². The average molecular weight is 355 g/mol. The number of carboxylic acid groups (broad SMARTS) is 1. The molecule has 2 rings (SSSR count). The van der Waals surface area contributed by atoms with Crippen molar-refractivity contribution < 1.29 is 14.7 Å². The number of carbonyl (C=O) groups is 2. The highest BCUT2D eigenvalue weighted by molar-refractivity contribution is 9.10. The van der Waals surface area contributed by atoms with Crippen LogP contribution < -0.4 is 0 Å². The number of urea groups is 1. The predicted molar refractivity (Wildman–Crippen MR) is 82.9 cm³/mol. The van der Waals surface area contributed by atoms with Crippen LogP contribution in [0.5, 0.6) is 0 Å². The molecule has 0 spiro atoms. The van der Waals surface area contributed by atoms with Crippen molar-refractivity contribution in [1.82, 2.24) is 9.80 Å². The molecule has 0 bridgehead atoms. The van der Waals surface area contributed by atoms with E-state index in [2.05, 4.69) is 15.9 Å². The van der Waals surface area contributed by atoms with E-state index >= 15 is 0 Å². The Labute approximate surface area is 132 Å². The largest absolute Gasteiger partial charge is 0.481 e. The summed E-state index contributed by atoms with van der Waals surface area (Å²) < 4.78 is 0.974. The van der Waals surface area contributed by atoms with Crippen molar-refractivity contribution >= 4 is 27.9 Å². The molecule has 0 radical (unpaired) electrons. The molecule has 114 valence electrons. The fourth-order valence-electron chi connectivity index (χ4n) is 2.66. The molecule has 5 nitrogen and oxygen atoms in total. The SMILES string of the molecule is CC1CN(C(=O)N(C)Cc2cccc(Br)c2)CC1C(=O)O. The number of amides is 2. The molecule has 1 N–H and O–H groups in total. The molecule has 2 unspecified atom stereocenters. The molecular weight excluding hydrogens is 336 g/mol. The minimum atomic E-state index is -0.826. The number of rotatable bonds is 3. The standard InChI is InChI=1S/C15H19BrN2O3/c1-10-7-18(9-13(10)14(19)20)15(21)17(2)8-11-4-3-5-12(16)6-11/h3-6,10,13H,7-9H2,1-2H3,(H,19,20). The molecule has 1 aromatic carbocycles. The Morgan fingerprint density at radius 3 is 2.71 bits per heavy atom. The minimum Gasteiger partial charge on any atom is -0.481 e. The predicted octanol–water partition coefficient (Wildman–Crippen LogP) is 2.65. The first-order valence-corrected chi connectivity index (χ1v) is 7.65. The highest BCUT2D eigenvalue weighted by Gasteiger charge is 2.37. The summed E-state index contributed by atoms with van der Waals surface area (Å²) in [5.74, 6) is -1.30. The van der Waals surface area contributed by atoms with Crippen LogP contribution in [0.3, 0.4) is 0 Å². The van der Waals surface area contributed by atoms with E-state index in [0.717, 1.165) is 10.0 Å². The van der Waals surface area contributed by atoms with Crippen LogP contribution in [0.4, 0.5) is 4.79 Å². The second kappa shape index (κ2) is 6.47. The van der Waals surface area contributed by atoms with Crippen molar-refractivity contribution in [2.45, 2.75) is 13.5 Å². The van der Waals surface area contributed by atoms with Crippen LogP contribution in [0.25, 0.3) is 0 Å². The molecule has 0 aromatic heterocycles. The third kappa shape index (κ3) is 3.75. The summed E-state index contributed by atoms with van der Waals surface area (Å²) in [5, 5.41) is 9.13. The van der Waals surface area contributed by atoms with Gasteiger partial charge in [-0.15, -0.1) is 0 Å². The van der Waals surface area contributed by atoms with Gasteiger partial charge in [0.1, 0.15) is 0 Å². The first kappa shape index (κ1) is 15.8. The van der Waals surface area contributed by atoms with Crippen LogP contribution in [0.1, 0.15) is 12.5 Å². The van der Waals surface area contributed by atoms with Gasteiger partial charge in [0.05, 0.1) is 5.92 Å². The maximum atomic E-state index is 12.4. The van der Waals surface area contributed by atoms with Gasteiger partial charge in [0, 0.05) is 31.2 Å². The van der Waals surface area contributed by atoms with E-state index in [1.54, 1.807) is 16.8 Å². The van der Waals surface area contributed by atoms with Crippen molar-refractivity contribution in [3.63, 3.8) is 0 Å². The topological polar surface area (TPSA) is 60.9 Å². The molecule has 1 heterocycles. The third-order valence-electron chi connectivity index (χ3n) is 3.84. The summed E-state index contributed by atoms with van der Waals surface area (Å²) in [4.78, 5) is 26.8. The van der Waals surface area contributed by atoms with Crippen molar-refractivity contribution in [3.8, 4) is 0 Å². The number of carboxylic acids is 1. The van der Waals surface area contributed by atoms with Crippen molar-refractivity contribution in [2.24, 2.45) is 11.8 Å². The van der Waals surface area contributed by atoms with E-state index in [1.165, 1.54) is 0 Å². The van der Waals surface area contributed by atoms with Gasteiger partial charge in [-0.2, -0.15) is 0 Å². The Kier molecular flexibility index (Phi) is 4.88. The summed E-state index contributed by atoms with van der Waals surface area (Å²) in [6, 6.07) is 7.67. The minimum absolute atomic E-state index is 0.00859. The molecule has 21 heavy (non-hydrogen) atoms. The zero-order valence-electron chi connectivity index (χ0n) is 12.1. The molecule has 1 saturated heterocycles. The highest BCUT2D eigenvalue weighted by Crippen LogP contribution is 2.24. The van der Waals surface area contributed by atoms with E-state index in [0.29, 0.717) is 13.1 Å². The number of halogens is 1. The van der Waals surface area contributed by atoms with Gasteiger partial charge in [0.15, 0.2) is 0 Å². The van der Waals surface area contributed by atoms with E-state index in [-0.39, 0.29) is 18.5 Å². The Bertz CT molecular complexity index is 549. The van der Waals surface area contributed by atoms with Crippen LogP contribution in [-0.2, 0) is 11.3 Å². The van der Waals surface area contributed by atoms with Crippen LogP contribution in [0.2, 0.25) is 0 Å². The molecule has 1 fully saturated rings. The van der Waals surface area contributed by atoms with Gasteiger partial charge in [-0.1, -0.05) is 35.0 Å². The maximum absolute atomic E-state index is 12.4. The summed E-state index contributed by atoms with van der Waals surface area (Å²) in [7, 11) is 1.74. The van der Waals surface area contributed by atoms with E-state index in [9.17, 15) is 9.59 Å². The quantitative estimate of drug-likeness (QED) is 0.907. The second-order valence-corrected chi connectivity index (χ2v) is 6.51. The number of aliphatic carboxylic acids is 1. The lowest BCUT2D eigenvalue weighted by Gasteiger charge is -2.24. The summed E-state index contributed by atoms with van der Waals surface area (Å²) in [5.41, 5.74) is 1.03. The fraction of sp³-hybridized carbons (Fsp3) is 0.467. The third-order valence-corrected chi connectivity index (χ3v) is 4.33. The van der Waals surface area contributed by atoms with Crippen LogP contribution in [-0.4, -0.2) is 47.0 Å². The smallest absolute Gasteiger partial charge is 0.320 e. The first-order valence-electron chi connectivity index (χ1n) is 6.85. The lowest BCUT2D eigenvalue weighted by atomic mass is 9.99. The monoisotopic (exact) mass is 354 g/mol. The van der Waals surface area contributed by atoms with Gasteiger partial charge in [-0.3, -0.25) is 4.79 Å². The number of nitrogens with zero attached hydrogens (tertiary/aromatic N) is 2. The number of likely N-dealkylation sites (tertiary alicyclic amines) is 1.